The minimum Gasteiger partial charge on any atom is -0.313 e. The zero-order chi connectivity index (χ0) is 13.0. The summed E-state index contributed by atoms with van der Waals surface area (Å²) < 4.78 is 13.5. The first-order chi connectivity index (χ1) is 8.65. The molecule has 0 aliphatic heterocycles. The minimum absolute atomic E-state index is 0.0833. The highest BCUT2D eigenvalue weighted by Gasteiger charge is 2.34. The van der Waals surface area contributed by atoms with Gasteiger partial charge in [-0.15, -0.1) is 0 Å². The molecule has 0 heterocycles. The third-order valence-corrected chi connectivity index (χ3v) is 4.47. The van der Waals surface area contributed by atoms with Gasteiger partial charge in [0, 0.05) is 12.6 Å². The van der Waals surface area contributed by atoms with Gasteiger partial charge in [-0.25, -0.2) is 4.39 Å². The molecule has 1 unspecified atom stereocenters. The molecule has 0 radical (unpaired) electrons. The fraction of sp³-hybridized carbons (Fsp3) is 0.625. The second-order valence-corrected chi connectivity index (χ2v) is 5.78. The molecule has 0 saturated heterocycles. The molecule has 1 aromatic carbocycles. The second-order valence-electron chi connectivity index (χ2n) is 5.78. The second kappa shape index (κ2) is 5.83. The van der Waals surface area contributed by atoms with E-state index < -0.39 is 0 Å². The molecule has 100 valence electrons. The zero-order valence-electron chi connectivity index (χ0n) is 11.5. The van der Waals surface area contributed by atoms with Gasteiger partial charge in [0.25, 0.3) is 0 Å². The maximum atomic E-state index is 13.5. The van der Waals surface area contributed by atoms with Crippen LogP contribution in [0.1, 0.15) is 45.1 Å². The highest BCUT2D eigenvalue weighted by atomic mass is 19.1. The van der Waals surface area contributed by atoms with Crippen LogP contribution in [0.3, 0.4) is 0 Å². The Morgan fingerprint density at radius 2 is 2.06 bits per heavy atom. The van der Waals surface area contributed by atoms with Gasteiger partial charge in [0.15, 0.2) is 0 Å². The molecule has 1 saturated carbocycles. The first-order valence-electron chi connectivity index (χ1n) is 7.12. The third-order valence-electron chi connectivity index (χ3n) is 4.47. The molecule has 0 amide bonds. The number of hydrogen-bond donors (Lipinski definition) is 1. The van der Waals surface area contributed by atoms with Crippen molar-refractivity contribution in [1.29, 1.82) is 0 Å². The van der Waals surface area contributed by atoms with Crippen LogP contribution in [-0.4, -0.2) is 12.6 Å². The van der Waals surface area contributed by atoms with Crippen LogP contribution in [0.15, 0.2) is 24.3 Å². The molecule has 1 aromatic rings. The first-order valence-corrected chi connectivity index (χ1v) is 7.12. The van der Waals surface area contributed by atoms with E-state index in [1.807, 2.05) is 12.1 Å². The Bertz CT molecular complexity index is 379. The summed E-state index contributed by atoms with van der Waals surface area (Å²) in [5.74, 6) is -0.0833. The Hall–Kier alpha value is -0.890. The Balaban J connectivity index is 1.82. The summed E-state index contributed by atoms with van der Waals surface area (Å²) in [6, 6.07) is 7.42. The summed E-state index contributed by atoms with van der Waals surface area (Å²) in [7, 11) is 0. The van der Waals surface area contributed by atoms with Crippen LogP contribution < -0.4 is 5.32 Å². The lowest BCUT2D eigenvalue weighted by molar-refractivity contribution is 0.120. The number of hydrogen-bond acceptors (Lipinski definition) is 1. The van der Waals surface area contributed by atoms with Gasteiger partial charge in [-0.3, -0.25) is 0 Å². The van der Waals surface area contributed by atoms with Crippen molar-refractivity contribution in [2.75, 3.05) is 6.54 Å². The van der Waals surface area contributed by atoms with Crippen molar-refractivity contribution >= 4 is 0 Å². The number of nitrogens with one attached hydrogen (secondary N) is 1. The van der Waals surface area contributed by atoms with Crippen LogP contribution in [0.5, 0.6) is 0 Å². The maximum Gasteiger partial charge on any atom is 0.126 e. The van der Waals surface area contributed by atoms with Crippen LogP contribution in [0, 0.1) is 11.2 Å². The van der Waals surface area contributed by atoms with E-state index in [4.69, 9.17) is 0 Å². The highest BCUT2D eigenvalue weighted by Crippen LogP contribution is 2.43. The van der Waals surface area contributed by atoms with Gasteiger partial charge in [0.2, 0.25) is 0 Å². The molecule has 0 aromatic heterocycles. The molecule has 1 nitrogen and oxygen atoms in total. The Morgan fingerprint density at radius 1 is 1.33 bits per heavy atom. The van der Waals surface area contributed by atoms with Crippen LogP contribution in [0.4, 0.5) is 4.39 Å². The van der Waals surface area contributed by atoms with Crippen molar-refractivity contribution in [3.05, 3.63) is 35.6 Å². The van der Waals surface area contributed by atoms with Gasteiger partial charge in [-0.2, -0.15) is 0 Å². The molecule has 1 fully saturated rings. The standard InChI is InChI=1S/C16H24FN/c1-3-16(9-6-10-16)12-18-13(2)11-14-7-4-5-8-15(14)17/h4-5,7-8,13,18H,3,6,9-12H2,1-2H3. The SMILES string of the molecule is CCC1(CNC(C)Cc2ccccc2F)CCC1. The summed E-state index contributed by atoms with van der Waals surface area (Å²) >= 11 is 0. The molecular formula is C16H24FN. The molecule has 2 heteroatoms. The fourth-order valence-corrected chi connectivity index (χ4v) is 2.79. The average Bonchev–Trinajstić information content (AvgIpc) is 2.31. The predicted octanol–water partition coefficient (Wildman–Crippen LogP) is 3.93. The lowest BCUT2D eigenvalue weighted by Gasteiger charge is -2.42. The largest absolute Gasteiger partial charge is 0.313 e. The van der Waals surface area contributed by atoms with Crippen molar-refractivity contribution in [1.82, 2.24) is 5.32 Å². The molecule has 0 bridgehead atoms. The minimum atomic E-state index is -0.0833. The number of rotatable bonds is 6. The van der Waals surface area contributed by atoms with E-state index in [1.54, 1.807) is 12.1 Å². The first kappa shape index (κ1) is 13.5. The van der Waals surface area contributed by atoms with Gasteiger partial charge in [-0.05, 0) is 49.7 Å². The lowest BCUT2D eigenvalue weighted by Crippen LogP contribution is -2.43. The predicted molar refractivity (Wildman–Crippen MR) is 74.1 cm³/mol. The topological polar surface area (TPSA) is 12.0 Å². The van der Waals surface area contributed by atoms with Gasteiger partial charge < -0.3 is 5.32 Å². The van der Waals surface area contributed by atoms with Crippen molar-refractivity contribution in [3.63, 3.8) is 0 Å². The van der Waals surface area contributed by atoms with Gasteiger partial charge in [0.1, 0.15) is 5.82 Å². The van der Waals surface area contributed by atoms with E-state index in [1.165, 1.54) is 25.7 Å². The van der Waals surface area contributed by atoms with E-state index in [0.717, 1.165) is 18.5 Å². The molecule has 2 rings (SSSR count). The third kappa shape index (κ3) is 3.11. The molecule has 1 aliphatic rings. The molecule has 1 N–H and O–H groups in total. The lowest BCUT2D eigenvalue weighted by atomic mass is 9.67. The number of halogens is 1. The van der Waals surface area contributed by atoms with Crippen LogP contribution >= 0.6 is 0 Å². The highest BCUT2D eigenvalue weighted by molar-refractivity contribution is 5.18. The van der Waals surface area contributed by atoms with Gasteiger partial charge in [0.05, 0.1) is 0 Å². The van der Waals surface area contributed by atoms with E-state index in [9.17, 15) is 4.39 Å². The maximum absolute atomic E-state index is 13.5. The van der Waals surface area contributed by atoms with Crippen LogP contribution in [0.2, 0.25) is 0 Å². The molecule has 0 spiro atoms. The Kier molecular flexibility index (Phi) is 4.39. The summed E-state index contributed by atoms with van der Waals surface area (Å²) in [4.78, 5) is 0. The zero-order valence-corrected chi connectivity index (χ0v) is 11.5. The van der Waals surface area contributed by atoms with E-state index in [2.05, 4.69) is 19.2 Å². The van der Waals surface area contributed by atoms with Gasteiger partial charge >= 0.3 is 0 Å². The molecular weight excluding hydrogens is 225 g/mol. The smallest absolute Gasteiger partial charge is 0.126 e. The Labute approximate surface area is 110 Å². The van der Waals surface area contributed by atoms with E-state index in [-0.39, 0.29) is 5.82 Å². The quantitative estimate of drug-likeness (QED) is 0.805. The Morgan fingerprint density at radius 3 is 2.61 bits per heavy atom. The van der Waals surface area contributed by atoms with Crippen molar-refractivity contribution in [2.24, 2.45) is 5.41 Å². The normalized spacial score (nSPS) is 19.3. The molecule has 1 atom stereocenters. The van der Waals surface area contributed by atoms with E-state index >= 15 is 0 Å². The summed E-state index contributed by atoms with van der Waals surface area (Å²) in [6.07, 6.45) is 6.10. The monoisotopic (exact) mass is 249 g/mol. The number of benzene rings is 1. The molecule has 18 heavy (non-hydrogen) atoms. The molecule has 1 aliphatic carbocycles. The van der Waals surface area contributed by atoms with Crippen molar-refractivity contribution in [3.8, 4) is 0 Å². The van der Waals surface area contributed by atoms with E-state index in [0.29, 0.717) is 11.5 Å². The van der Waals surface area contributed by atoms with Crippen LogP contribution in [0.25, 0.3) is 0 Å². The summed E-state index contributed by atoms with van der Waals surface area (Å²) in [5.41, 5.74) is 1.35. The van der Waals surface area contributed by atoms with Crippen LogP contribution in [-0.2, 0) is 6.42 Å². The van der Waals surface area contributed by atoms with Crippen molar-refractivity contribution < 1.29 is 4.39 Å². The summed E-state index contributed by atoms with van der Waals surface area (Å²) in [5, 5.41) is 3.59. The van der Waals surface area contributed by atoms with Gasteiger partial charge in [-0.1, -0.05) is 31.5 Å². The average molecular weight is 249 g/mol. The summed E-state index contributed by atoms with van der Waals surface area (Å²) in [6.45, 7) is 5.51. The fourth-order valence-electron chi connectivity index (χ4n) is 2.79. The van der Waals surface area contributed by atoms with Crippen molar-refractivity contribution in [2.45, 2.75) is 52.0 Å².